The van der Waals surface area contributed by atoms with Crippen molar-refractivity contribution in [3.63, 3.8) is 0 Å². The first kappa shape index (κ1) is 14.9. The molecule has 0 radical (unpaired) electrons. The molecule has 0 aromatic heterocycles. The first-order chi connectivity index (χ1) is 8.54. The zero-order valence-electron chi connectivity index (χ0n) is 10.9. The van der Waals surface area contributed by atoms with Gasteiger partial charge < -0.3 is 14.8 Å². The summed E-state index contributed by atoms with van der Waals surface area (Å²) in [5.41, 5.74) is 0. The molecule has 0 bridgehead atoms. The lowest BCUT2D eigenvalue weighted by Crippen LogP contribution is -2.38. The summed E-state index contributed by atoms with van der Waals surface area (Å²) in [6, 6.07) is 4.15. The molecule has 0 aliphatic heterocycles. The van der Waals surface area contributed by atoms with Gasteiger partial charge in [-0.05, 0) is 12.1 Å². The van der Waals surface area contributed by atoms with E-state index in [2.05, 4.69) is 5.32 Å². The minimum atomic E-state index is -0.969. The second-order valence-electron chi connectivity index (χ2n) is 4.31. The number of methoxy groups -OCH3 is 1. The van der Waals surface area contributed by atoms with Crippen molar-refractivity contribution in [1.82, 2.24) is 5.32 Å². The molecule has 0 heterocycles. The zero-order valence-corrected chi connectivity index (χ0v) is 10.9. The van der Waals surface area contributed by atoms with Crippen molar-refractivity contribution in [2.24, 2.45) is 0 Å². The van der Waals surface area contributed by atoms with Crippen LogP contribution in [0.4, 0.5) is 8.78 Å². The van der Waals surface area contributed by atoms with Gasteiger partial charge in [0.25, 0.3) is 0 Å². The van der Waals surface area contributed by atoms with Crippen LogP contribution in [-0.4, -0.2) is 32.4 Å². The number of hydrogen-bond donors (Lipinski definition) is 1. The van der Waals surface area contributed by atoms with E-state index in [4.69, 9.17) is 9.47 Å². The lowest BCUT2D eigenvalue weighted by molar-refractivity contribution is 0.0762. The average Bonchev–Trinajstić information content (AvgIpc) is 2.32. The van der Waals surface area contributed by atoms with E-state index >= 15 is 0 Å². The Balaban J connectivity index is 2.67. The summed E-state index contributed by atoms with van der Waals surface area (Å²) in [6.45, 7) is 4.79. The maximum atomic E-state index is 13.4. The Labute approximate surface area is 106 Å². The molecule has 0 aliphatic rings. The highest BCUT2D eigenvalue weighted by Gasteiger charge is 2.15. The number of halogens is 2. The summed E-state index contributed by atoms with van der Waals surface area (Å²) >= 11 is 0. The molecule has 1 aromatic rings. The van der Waals surface area contributed by atoms with Gasteiger partial charge in [-0.2, -0.15) is 4.39 Å². The van der Waals surface area contributed by atoms with Crippen LogP contribution in [0.1, 0.15) is 13.8 Å². The minimum Gasteiger partial charge on any atom is -0.483 e. The Morgan fingerprint density at radius 3 is 2.61 bits per heavy atom. The van der Waals surface area contributed by atoms with Crippen LogP contribution in [0.5, 0.6) is 5.75 Å². The van der Waals surface area contributed by atoms with E-state index in [1.807, 2.05) is 13.8 Å². The molecule has 0 saturated heterocycles. The molecule has 18 heavy (non-hydrogen) atoms. The maximum absolute atomic E-state index is 13.4. The number of rotatable bonds is 7. The van der Waals surface area contributed by atoms with Crippen LogP contribution >= 0.6 is 0 Å². The molecule has 5 heteroatoms. The van der Waals surface area contributed by atoms with Crippen LogP contribution < -0.4 is 10.1 Å². The summed E-state index contributed by atoms with van der Waals surface area (Å²) in [7, 11) is 1.54. The highest BCUT2D eigenvalue weighted by molar-refractivity contribution is 5.25. The van der Waals surface area contributed by atoms with E-state index in [1.165, 1.54) is 19.2 Å². The fourth-order valence-corrected chi connectivity index (χ4v) is 1.44. The summed E-state index contributed by atoms with van der Waals surface area (Å²) in [5.74, 6) is -1.98. The molecular formula is C13H19F2NO2. The van der Waals surface area contributed by atoms with E-state index in [9.17, 15) is 8.78 Å². The monoisotopic (exact) mass is 259 g/mol. The van der Waals surface area contributed by atoms with E-state index in [-0.39, 0.29) is 17.9 Å². The van der Waals surface area contributed by atoms with Crippen LogP contribution in [0.25, 0.3) is 0 Å². The maximum Gasteiger partial charge on any atom is 0.200 e. The third-order valence-corrected chi connectivity index (χ3v) is 2.32. The molecule has 0 fully saturated rings. The molecule has 0 spiro atoms. The summed E-state index contributed by atoms with van der Waals surface area (Å²) in [5, 5.41) is 3.16. The third kappa shape index (κ3) is 4.58. The van der Waals surface area contributed by atoms with Crippen molar-refractivity contribution in [3.8, 4) is 5.75 Å². The molecule has 1 N–H and O–H groups in total. The molecule has 0 saturated carbocycles. The summed E-state index contributed by atoms with van der Waals surface area (Å²) < 4.78 is 36.9. The van der Waals surface area contributed by atoms with Crippen molar-refractivity contribution >= 4 is 0 Å². The number of benzene rings is 1. The van der Waals surface area contributed by atoms with Gasteiger partial charge in [0.1, 0.15) is 6.10 Å². The predicted octanol–water partition coefficient (Wildman–Crippen LogP) is 2.36. The Morgan fingerprint density at radius 2 is 2.00 bits per heavy atom. The lowest BCUT2D eigenvalue weighted by atomic mass is 10.3. The van der Waals surface area contributed by atoms with Crippen molar-refractivity contribution in [2.75, 3.05) is 20.3 Å². The van der Waals surface area contributed by atoms with Gasteiger partial charge in [-0.1, -0.05) is 19.9 Å². The standard InChI is InChI=1S/C13H19F2NO2/c1-9(2)16-7-10(8-17-3)18-12-6-4-5-11(14)13(12)15/h4-6,9-10,16H,7-8H2,1-3H3. The molecule has 1 aromatic carbocycles. The highest BCUT2D eigenvalue weighted by atomic mass is 19.2. The van der Waals surface area contributed by atoms with E-state index in [0.717, 1.165) is 6.07 Å². The fourth-order valence-electron chi connectivity index (χ4n) is 1.44. The predicted molar refractivity (Wildman–Crippen MR) is 65.8 cm³/mol. The number of nitrogens with one attached hydrogen (secondary N) is 1. The van der Waals surface area contributed by atoms with Gasteiger partial charge in [-0.25, -0.2) is 4.39 Å². The van der Waals surface area contributed by atoms with E-state index in [0.29, 0.717) is 13.2 Å². The Morgan fingerprint density at radius 1 is 1.28 bits per heavy atom. The number of hydrogen-bond acceptors (Lipinski definition) is 3. The van der Waals surface area contributed by atoms with Crippen molar-refractivity contribution < 1.29 is 18.3 Å². The smallest absolute Gasteiger partial charge is 0.200 e. The largest absolute Gasteiger partial charge is 0.483 e. The quantitative estimate of drug-likeness (QED) is 0.815. The van der Waals surface area contributed by atoms with Crippen LogP contribution in [0.15, 0.2) is 18.2 Å². The second-order valence-corrected chi connectivity index (χ2v) is 4.31. The third-order valence-electron chi connectivity index (χ3n) is 2.32. The molecule has 0 amide bonds. The summed E-state index contributed by atoms with van der Waals surface area (Å²) in [6.07, 6.45) is -0.367. The van der Waals surface area contributed by atoms with Gasteiger partial charge in [-0.15, -0.1) is 0 Å². The van der Waals surface area contributed by atoms with Gasteiger partial charge in [-0.3, -0.25) is 0 Å². The first-order valence-corrected chi connectivity index (χ1v) is 5.87. The van der Waals surface area contributed by atoms with Crippen molar-refractivity contribution in [2.45, 2.75) is 26.0 Å². The first-order valence-electron chi connectivity index (χ1n) is 5.87. The molecular weight excluding hydrogens is 240 g/mol. The normalized spacial score (nSPS) is 12.8. The van der Waals surface area contributed by atoms with Gasteiger partial charge in [0.15, 0.2) is 11.6 Å². The zero-order chi connectivity index (χ0) is 13.5. The van der Waals surface area contributed by atoms with Gasteiger partial charge in [0.2, 0.25) is 5.82 Å². The molecule has 102 valence electrons. The molecule has 1 rings (SSSR count). The van der Waals surface area contributed by atoms with Crippen molar-refractivity contribution in [1.29, 1.82) is 0 Å². The summed E-state index contributed by atoms with van der Waals surface area (Å²) in [4.78, 5) is 0. The molecule has 1 atom stereocenters. The molecule has 3 nitrogen and oxygen atoms in total. The topological polar surface area (TPSA) is 30.5 Å². The number of ether oxygens (including phenoxy) is 2. The van der Waals surface area contributed by atoms with Gasteiger partial charge in [0.05, 0.1) is 6.61 Å². The van der Waals surface area contributed by atoms with Crippen molar-refractivity contribution in [3.05, 3.63) is 29.8 Å². The van der Waals surface area contributed by atoms with E-state index in [1.54, 1.807) is 0 Å². The second kappa shape index (κ2) is 7.28. The van der Waals surface area contributed by atoms with E-state index < -0.39 is 11.6 Å². The lowest BCUT2D eigenvalue weighted by Gasteiger charge is -2.20. The van der Waals surface area contributed by atoms with Crippen LogP contribution in [0.3, 0.4) is 0 Å². The van der Waals surface area contributed by atoms with Crippen LogP contribution in [0, 0.1) is 11.6 Å². The average molecular weight is 259 g/mol. The SMILES string of the molecule is COCC(CNC(C)C)Oc1cccc(F)c1F. The van der Waals surface area contributed by atoms with Gasteiger partial charge in [0, 0.05) is 19.7 Å². The van der Waals surface area contributed by atoms with Crippen LogP contribution in [-0.2, 0) is 4.74 Å². The molecule has 1 unspecified atom stereocenters. The van der Waals surface area contributed by atoms with Gasteiger partial charge >= 0.3 is 0 Å². The Hall–Kier alpha value is -1.20. The fraction of sp³-hybridized carbons (Fsp3) is 0.538. The highest BCUT2D eigenvalue weighted by Crippen LogP contribution is 2.20. The Bertz CT molecular complexity index is 372. The minimum absolute atomic E-state index is 0.0948. The Kier molecular flexibility index (Phi) is 6.01. The van der Waals surface area contributed by atoms with Crippen LogP contribution in [0.2, 0.25) is 0 Å². The molecule has 0 aliphatic carbocycles.